The van der Waals surface area contributed by atoms with Crippen LogP contribution in [0.2, 0.25) is 0 Å². The monoisotopic (exact) mass is 353 g/mol. The van der Waals surface area contributed by atoms with E-state index in [2.05, 4.69) is 38.5 Å². The SMILES string of the molecule is CNC1C(=O)Nc2cc(OC3CCN(C)CC3)c(Br)cc21. The first-order chi connectivity index (χ1) is 10.1. The maximum atomic E-state index is 11.9. The van der Waals surface area contributed by atoms with Crippen LogP contribution in [-0.2, 0) is 4.79 Å². The Morgan fingerprint density at radius 2 is 2.10 bits per heavy atom. The van der Waals surface area contributed by atoms with E-state index < -0.39 is 0 Å². The molecule has 5 nitrogen and oxygen atoms in total. The van der Waals surface area contributed by atoms with Crippen molar-refractivity contribution in [2.75, 3.05) is 32.5 Å². The summed E-state index contributed by atoms with van der Waals surface area (Å²) in [5, 5.41) is 5.92. The number of fused-ring (bicyclic) bond motifs is 1. The third-order valence-electron chi connectivity index (χ3n) is 4.18. The first-order valence-corrected chi connectivity index (χ1v) is 8.04. The van der Waals surface area contributed by atoms with Crippen molar-refractivity contribution in [3.05, 3.63) is 22.2 Å². The van der Waals surface area contributed by atoms with Gasteiger partial charge in [0, 0.05) is 30.4 Å². The second kappa shape index (κ2) is 5.94. The molecule has 2 aliphatic heterocycles. The van der Waals surface area contributed by atoms with Crippen molar-refractivity contribution < 1.29 is 9.53 Å². The second-order valence-corrected chi connectivity index (χ2v) is 6.56. The summed E-state index contributed by atoms with van der Waals surface area (Å²) in [6.07, 6.45) is 2.31. The summed E-state index contributed by atoms with van der Waals surface area (Å²) >= 11 is 3.56. The van der Waals surface area contributed by atoms with Gasteiger partial charge in [0.15, 0.2) is 0 Å². The highest BCUT2D eigenvalue weighted by atomic mass is 79.9. The van der Waals surface area contributed by atoms with Crippen LogP contribution in [0.15, 0.2) is 16.6 Å². The van der Waals surface area contributed by atoms with E-state index in [4.69, 9.17) is 4.74 Å². The Balaban J connectivity index is 1.79. The lowest BCUT2D eigenvalue weighted by atomic mass is 10.1. The number of halogens is 1. The molecule has 1 unspecified atom stereocenters. The Morgan fingerprint density at radius 3 is 2.76 bits per heavy atom. The van der Waals surface area contributed by atoms with Gasteiger partial charge >= 0.3 is 0 Å². The van der Waals surface area contributed by atoms with Gasteiger partial charge in [-0.05, 0) is 48.9 Å². The molecule has 6 heteroatoms. The summed E-state index contributed by atoms with van der Waals surface area (Å²) < 4.78 is 7.02. The molecule has 1 atom stereocenters. The van der Waals surface area contributed by atoms with Crippen LogP contribution >= 0.6 is 15.9 Å². The van der Waals surface area contributed by atoms with Crippen molar-refractivity contribution in [3.63, 3.8) is 0 Å². The Hall–Kier alpha value is -1.11. The number of amides is 1. The van der Waals surface area contributed by atoms with E-state index in [1.807, 2.05) is 12.1 Å². The number of hydrogen-bond donors (Lipinski definition) is 2. The van der Waals surface area contributed by atoms with E-state index in [-0.39, 0.29) is 18.1 Å². The summed E-state index contributed by atoms with van der Waals surface area (Å²) in [5.41, 5.74) is 1.80. The quantitative estimate of drug-likeness (QED) is 0.873. The van der Waals surface area contributed by atoms with E-state index in [1.165, 1.54) is 0 Å². The minimum atomic E-state index is -0.284. The zero-order valence-electron chi connectivity index (χ0n) is 12.3. The number of carbonyl (C=O) groups excluding carboxylic acids is 1. The number of carbonyl (C=O) groups is 1. The van der Waals surface area contributed by atoms with Gasteiger partial charge in [-0.1, -0.05) is 0 Å². The summed E-state index contributed by atoms with van der Waals surface area (Å²) in [6, 6.07) is 3.61. The van der Waals surface area contributed by atoms with Crippen molar-refractivity contribution in [2.45, 2.75) is 25.0 Å². The number of nitrogens with zero attached hydrogens (tertiary/aromatic N) is 1. The molecule has 21 heavy (non-hydrogen) atoms. The minimum Gasteiger partial charge on any atom is -0.489 e. The number of anilines is 1. The maximum absolute atomic E-state index is 11.9. The Bertz CT molecular complexity index is 556. The molecule has 2 aliphatic rings. The average Bonchev–Trinajstić information content (AvgIpc) is 2.76. The number of hydrogen-bond acceptors (Lipinski definition) is 4. The van der Waals surface area contributed by atoms with Crippen LogP contribution in [0.3, 0.4) is 0 Å². The van der Waals surface area contributed by atoms with E-state index >= 15 is 0 Å². The molecule has 0 bridgehead atoms. The van der Waals surface area contributed by atoms with Crippen molar-refractivity contribution in [1.82, 2.24) is 10.2 Å². The van der Waals surface area contributed by atoms with Crippen LogP contribution in [0.1, 0.15) is 24.4 Å². The highest BCUT2D eigenvalue weighted by Crippen LogP contribution is 2.39. The number of likely N-dealkylation sites (tertiary alicyclic amines) is 1. The Morgan fingerprint density at radius 1 is 1.38 bits per heavy atom. The van der Waals surface area contributed by atoms with Gasteiger partial charge < -0.3 is 20.3 Å². The van der Waals surface area contributed by atoms with Crippen LogP contribution in [0.5, 0.6) is 5.75 Å². The fraction of sp³-hybridized carbons (Fsp3) is 0.533. The summed E-state index contributed by atoms with van der Waals surface area (Å²) in [4.78, 5) is 14.2. The molecule has 1 saturated heterocycles. The third kappa shape index (κ3) is 2.93. The fourth-order valence-corrected chi connectivity index (χ4v) is 3.38. The number of rotatable bonds is 3. The largest absolute Gasteiger partial charge is 0.489 e. The molecule has 2 N–H and O–H groups in total. The highest BCUT2D eigenvalue weighted by molar-refractivity contribution is 9.10. The summed E-state index contributed by atoms with van der Waals surface area (Å²) in [5.74, 6) is 0.788. The molecule has 0 aromatic heterocycles. The fourth-order valence-electron chi connectivity index (χ4n) is 2.92. The van der Waals surface area contributed by atoms with Gasteiger partial charge in [-0.2, -0.15) is 0 Å². The predicted molar refractivity (Wildman–Crippen MR) is 85.7 cm³/mol. The second-order valence-electron chi connectivity index (χ2n) is 5.70. The molecule has 0 radical (unpaired) electrons. The molecular weight excluding hydrogens is 334 g/mol. The maximum Gasteiger partial charge on any atom is 0.246 e. The molecule has 1 fully saturated rings. The molecule has 1 aromatic carbocycles. The van der Waals surface area contributed by atoms with Gasteiger partial charge in [0.2, 0.25) is 5.91 Å². The summed E-state index contributed by atoms with van der Waals surface area (Å²) in [6.45, 7) is 2.12. The Labute approximate surface area is 133 Å². The molecule has 0 saturated carbocycles. The first-order valence-electron chi connectivity index (χ1n) is 7.25. The van der Waals surface area contributed by atoms with Gasteiger partial charge in [0.25, 0.3) is 0 Å². The Kier molecular flexibility index (Phi) is 4.19. The molecule has 0 aliphatic carbocycles. The third-order valence-corrected chi connectivity index (χ3v) is 4.80. The minimum absolute atomic E-state index is 0.0177. The van der Waals surface area contributed by atoms with E-state index in [9.17, 15) is 4.79 Å². The molecule has 1 aromatic rings. The van der Waals surface area contributed by atoms with Crippen molar-refractivity contribution >= 4 is 27.5 Å². The normalized spacial score (nSPS) is 23.0. The van der Waals surface area contributed by atoms with Gasteiger partial charge in [-0.3, -0.25) is 4.79 Å². The topological polar surface area (TPSA) is 53.6 Å². The first kappa shape index (κ1) is 14.8. The molecule has 114 valence electrons. The van der Waals surface area contributed by atoms with Crippen LogP contribution in [0.25, 0.3) is 0 Å². The molecule has 2 heterocycles. The average molecular weight is 354 g/mol. The standard InChI is InChI=1S/C15H20BrN3O2/c1-17-14-10-7-11(16)13(8-12(10)18-15(14)20)21-9-3-5-19(2)6-4-9/h7-9,14,17H,3-6H2,1-2H3,(H,18,20). The molecule has 1 amide bonds. The summed E-state index contributed by atoms with van der Waals surface area (Å²) in [7, 11) is 3.92. The van der Waals surface area contributed by atoms with Crippen molar-refractivity contribution in [1.29, 1.82) is 0 Å². The number of piperidine rings is 1. The van der Waals surface area contributed by atoms with Crippen LogP contribution < -0.4 is 15.4 Å². The van der Waals surface area contributed by atoms with Gasteiger partial charge in [0.05, 0.1) is 4.47 Å². The smallest absolute Gasteiger partial charge is 0.246 e. The van der Waals surface area contributed by atoms with Crippen molar-refractivity contribution in [3.8, 4) is 5.75 Å². The zero-order valence-corrected chi connectivity index (χ0v) is 13.9. The molecular formula is C15H20BrN3O2. The van der Waals surface area contributed by atoms with E-state index in [0.29, 0.717) is 0 Å². The predicted octanol–water partition coefficient (Wildman–Crippen LogP) is 2.13. The highest BCUT2D eigenvalue weighted by Gasteiger charge is 2.31. The number of ether oxygens (including phenoxy) is 1. The lowest BCUT2D eigenvalue weighted by Gasteiger charge is -2.29. The van der Waals surface area contributed by atoms with Crippen molar-refractivity contribution in [2.24, 2.45) is 0 Å². The number of nitrogens with one attached hydrogen (secondary N) is 2. The van der Waals surface area contributed by atoms with Crippen LogP contribution in [-0.4, -0.2) is 44.1 Å². The van der Waals surface area contributed by atoms with Crippen LogP contribution in [0, 0.1) is 0 Å². The lowest BCUT2D eigenvalue weighted by Crippen LogP contribution is -2.35. The van der Waals surface area contributed by atoms with Gasteiger partial charge in [0.1, 0.15) is 17.9 Å². The molecule has 3 rings (SSSR count). The van der Waals surface area contributed by atoms with E-state index in [1.54, 1.807) is 7.05 Å². The lowest BCUT2D eigenvalue weighted by molar-refractivity contribution is -0.117. The van der Waals surface area contributed by atoms with Gasteiger partial charge in [-0.15, -0.1) is 0 Å². The van der Waals surface area contributed by atoms with Gasteiger partial charge in [-0.25, -0.2) is 0 Å². The number of benzene rings is 1. The van der Waals surface area contributed by atoms with E-state index in [0.717, 1.165) is 47.4 Å². The number of likely N-dealkylation sites (N-methyl/N-ethyl adjacent to an activating group) is 1. The van der Waals surface area contributed by atoms with Crippen LogP contribution in [0.4, 0.5) is 5.69 Å². The zero-order chi connectivity index (χ0) is 15.0. The molecule has 0 spiro atoms.